The summed E-state index contributed by atoms with van der Waals surface area (Å²) in [6.07, 6.45) is 0. The molecule has 0 saturated carbocycles. The molecule has 0 radical (unpaired) electrons. The van der Waals surface area contributed by atoms with Gasteiger partial charge >= 0.3 is 0 Å². The monoisotopic (exact) mass is 248 g/mol. The Morgan fingerprint density at radius 2 is 1.82 bits per heavy atom. The summed E-state index contributed by atoms with van der Waals surface area (Å²) in [5.74, 6) is -0.469. The van der Waals surface area contributed by atoms with Gasteiger partial charge in [0.05, 0.1) is 0 Å². The third kappa shape index (κ3) is 2.53. The number of carbonyl (C=O) groups excluding carboxylic acids is 1. The van der Waals surface area contributed by atoms with Crippen LogP contribution in [0.5, 0.6) is 0 Å². The van der Waals surface area contributed by atoms with Gasteiger partial charge in [0.25, 0.3) is 0 Å². The number of carbonyl (C=O) groups is 1. The number of benzene rings is 2. The zero-order valence-electron chi connectivity index (χ0n) is 9.21. The number of aryl methyl sites for hydroxylation is 1. The molecule has 0 aliphatic heterocycles. The molecule has 1 nitrogen and oxygen atoms in total. The molecule has 0 aliphatic carbocycles. The third-order valence-corrected chi connectivity index (χ3v) is 2.74. The fraction of sp³-hybridized carbons (Fsp3) is 0.0714. The molecule has 2 aromatic carbocycles. The van der Waals surface area contributed by atoms with Gasteiger partial charge in [0, 0.05) is 16.1 Å². The summed E-state index contributed by atoms with van der Waals surface area (Å²) in [5.41, 5.74) is 1.42. The van der Waals surface area contributed by atoms with Gasteiger partial charge in [0.1, 0.15) is 5.82 Å². The minimum Gasteiger partial charge on any atom is -0.289 e. The predicted molar refractivity (Wildman–Crippen MR) is 66.0 cm³/mol. The fourth-order valence-corrected chi connectivity index (χ4v) is 1.77. The van der Waals surface area contributed by atoms with Crippen LogP contribution in [0.15, 0.2) is 42.5 Å². The Kier molecular flexibility index (Phi) is 3.25. The molecule has 0 aliphatic rings. The maximum absolute atomic E-state index is 13.1. The van der Waals surface area contributed by atoms with E-state index >= 15 is 0 Å². The predicted octanol–water partition coefficient (Wildman–Crippen LogP) is 4.02. The minimum absolute atomic E-state index is 0.157. The van der Waals surface area contributed by atoms with E-state index in [4.69, 9.17) is 11.6 Å². The second-order valence-corrected chi connectivity index (χ2v) is 4.24. The SMILES string of the molecule is Cc1cc(C(=O)c2cccc(Cl)c2)ccc1F. The molecular formula is C14H10ClFO. The van der Waals surface area contributed by atoms with Crippen LogP contribution in [0.1, 0.15) is 21.5 Å². The van der Waals surface area contributed by atoms with E-state index in [9.17, 15) is 9.18 Å². The summed E-state index contributed by atoms with van der Waals surface area (Å²) in [7, 11) is 0. The molecule has 0 spiro atoms. The average Bonchev–Trinajstić information content (AvgIpc) is 2.32. The largest absolute Gasteiger partial charge is 0.289 e. The smallest absolute Gasteiger partial charge is 0.193 e. The summed E-state index contributed by atoms with van der Waals surface area (Å²) < 4.78 is 13.1. The van der Waals surface area contributed by atoms with Crippen molar-refractivity contribution in [3.8, 4) is 0 Å². The molecule has 0 saturated heterocycles. The molecule has 0 unspecified atom stereocenters. The van der Waals surface area contributed by atoms with Crippen molar-refractivity contribution in [3.05, 3.63) is 70.0 Å². The summed E-state index contributed by atoms with van der Waals surface area (Å²) in [4.78, 5) is 12.1. The van der Waals surface area contributed by atoms with Gasteiger partial charge in [-0.15, -0.1) is 0 Å². The first-order valence-electron chi connectivity index (χ1n) is 5.14. The summed E-state index contributed by atoms with van der Waals surface area (Å²) in [6.45, 7) is 1.63. The third-order valence-electron chi connectivity index (χ3n) is 2.51. The standard InChI is InChI=1S/C14H10ClFO/c1-9-7-11(5-6-13(9)16)14(17)10-3-2-4-12(15)8-10/h2-8H,1H3. The van der Waals surface area contributed by atoms with Crippen LogP contribution in [0.4, 0.5) is 4.39 Å². The molecule has 0 amide bonds. The van der Waals surface area contributed by atoms with E-state index in [2.05, 4.69) is 0 Å². The topological polar surface area (TPSA) is 17.1 Å². The number of hydrogen-bond donors (Lipinski definition) is 0. The lowest BCUT2D eigenvalue weighted by atomic mass is 10.0. The zero-order valence-corrected chi connectivity index (χ0v) is 9.96. The van der Waals surface area contributed by atoms with Crippen LogP contribution in [0.3, 0.4) is 0 Å². The molecule has 0 atom stereocenters. The van der Waals surface area contributed by atoms with Gasteiger partial charge in [0.15, 0.2) is 5.78 Å². The normalized spacial score (nSPS) is 10.3. The molecule has 0 N–H and O–H groups in total. The maximum Gasteiger partial charge on any atom is 0.193 e. The molecule has 2 aromatic rings. The van der Waals surface area contributed by atoms with E-state index in [1.807, 2.05) is 0 Å². The van der Waals surface area contributed by atoms with E-state index < -0.39 is 0 Å². The van der Waals surface area contributed by atoms with Crippen molar-refractivity contribution in [2.24, 2.45) is 0 Å². The van der Waals surface area contributed by atoms with E-state index in [0.29, 0.717) is 21.7 Å². The van der Waals surface area contributed by atoms with Crippen molar-refractivity contribution in [2.75, 3.05) is 0 Å². The Balaban J connectivity index is 2.40. The highest BCUT2D eigenvalue weighted by Crippen LogP contribution is 2.16. The van der Waals surface area contributed by atoms with Crippen LogP contribution in [0, 0.1) is 12.7 Å². The van der Waals surface area contributed by atoms with E-state index in [1.54, 1.807) is 37.3 Å². The Morgan fingerprint density at radius 1 is 1.12 bits per heavy atom. The van der Waals surface area contributed by atoms with E-state index in [-0.39, 0.29) is 11.6 Å². The molecule has 0 bridgehead atoms. The minimum atomic E-state index is -0.312. The van der Waals surface area contributed by atoms with Gasteiger partial charge in [-0.1, -0.05) is 23.7 Å². The second-order valence-electron chi connectivity index (χ2n) is 3.80. The molecular weight excluding hydrogens is 239 g/mol. The van der Waals surface area contributed by atoms with Gasteiger partial charge in [-0.3, -0.25) is 4.79 Å². The lowest BCUT2D eigenvalue weighted by Crippen LogP contribution is -2.02. The lowest BCUT2D eigenvalue weighted by Gasteiger charge is -2.03. The highest BCUT2D eigenvalue weighted by atomic mass is 35.5. The van der Waals surface area contributed by atoms with Crippen molar-refractivity contribution in [1.82, 2.24) is 0 Å². The Labute approximate surface area is 104 Å². The van der Waals surface area contributed by atoms with Crippen molar-refractivity contribution in [2.45, 2.75) is 6.92 Å². The van der Waals surface area contributed by atoms with Gasteiger partial charge in [0.2, 0.25) is 0 Å². The first-order valence-corrected chi connectivity index (χ1v) is 5.52. The van der Waals surface area contributed by atoms with Crippen molar-refractivity contribution in [1.29, 1.82) is 0 Å². The van der Waals surface area contributed by atoms with E-state index in [0.717, 1.165) is 0 Å². The van der Waals surface area contributed by atoms with Crippen LogP contribution in [-0.4, -0.2) is 5.78 Å². The fourth-order valence-electron chi connectivity index (χ4n) is 1.58. The summed E-state index contributed by atoms with van der Waals surface area (Å²) >= 11 is 5.82. The van der Waals surface area contributed by atoms with Gasteiger partial charge < -0.3 is 0 Å². The molecule has 0 fully saturated rings. The van der Waals surface area contributed by atoms with Crippen LogP contribution >= 0.6 is 11.6 Å². The molecule has 17 heavy (non-hydrogen) atoms. The number of halogens is 2. The maximum atomic E-state index is 13.1. The quantitative estimate of drug-likeness (QED) is 0.734. The number of ketones is 1. The highest BCUT2D eigenvalue weighted by molar-refractivity contribution is 6.31. The summed E-state index contributed by atoms with van der Waals surface area (Å²) in [5, 5.41) is 0.509. The van der Waals surface area contributed by atoms with E-state index in [1.165, 1.54) is 12.1 Å². The second kappa shape index (κ2) is 4.68. The number of rotatable bonds is 2. The van der Waals surface area contributed by atoms with Crippen LogP contribution in [-0.2, 0) is 0 Å². The molecule has 86 valence electrons. The highest BCUT2D eigenvalue weighted by Gasteiger charge is 2.10. The Bertz CT molecular complexity index is 578. The van der Waals surface area contributed by atoms with Crippen molar-refractivity contribution < 1.29 is 9.18 Å². The Hall–Kier alpha value is -1.67. The number of hydrogen-bond acceptors (Lipinski definition) is 1. The Morgan fingerprint density at radius 3 is 2.47 bits per heavy atom. The molecule has 0 aromatic heterocycles. The van der Waals surface area contributed by atoms with Crippen LogP contribution < -0.4 is 0 Å². The van der Waals surface area contributed by atoms with Crippen LogP contribution in [0.25, 0.3) is 0 Å². The first-order chi connectivity index (χ1) is 8.08. The molecule has 2 rings (SSSR count). The van der Waals surface area contributed by atoms with Gasteiger partial charge in [-0.05, 0) is 42.8 Å². The summed E-state index contributed by atoms with van der Waals surface area (Å²) in [6, 6.07) is 11.0. The lowest BCUT2D eigenvalue weighted by molar-refractivity contribution is 0.103. The van der Waals surface area contributed by atoms with Gasteiger partial charge in [-0.2, -0.15) is 0 Å². The molecule has 0 heterocycles. The molecule has 3 heteroatoms. The average molecular weight is 249 g/mol. The van der Waals surface area contributed by atoms with Crippen molar-refractivity contribution in [3.63, 3.8) is 0 Å². The van der Waals surface area contributed by atoms with Crippen molar-refractivity contribution >= 4 is 17.4 Å². The first kappa shape index (κ1) is 11.8. The van der Waals surface area contributed by atoms with Crippen LogP contribution in [0.2, 0.25) is 5.02 Å². The zero-order chi connectivity index (χ0) is 12.4. The van der Waals surface area contributed by atoms with Gasteiger partial charge in [-0.25, -0.2) is 4.39 Å².